The number of aromatic nitrogens is 2. The normalized spacial score (nSPS) is 16.9. The molecule has 1 fully saturated rings. The van der Waals surface area contributed by atoms with Crippen LogP contribution in [0, 0.1) is 17.1 Å². The first-order chi connectivity index (χ1) is 18.0. The topological polar surface area (TPSA) is 109 Å². The van der Waals surface area contributed by atoms with Crippen molar-refractivity contribution in [3.63, 3.8) is 0 Å². The molecule has 2 atom stereocenters. The average Bonchev–Trinajstić information content (AvgIpc) is 3.07. The Balaban J connectivity index is 1.42. The summed E-state index contributed by atoms with van der Waals surface area (Å²) in [7, 11) is 1.85. The number of benzene rings is 2. The minimum absolute atomic E-state index is 0.00294. The number of carbonyl (C=O) groups excluding carboxylic acids is 2. The zero-order valence-corrected chi connectivity index (χ0v) is 22.0. The third kappa shape index (κ3) is 6.47. The number of aryl methyl sites for hydroxylation is 1. The first-order valence-corrected chi connectivity index (χ1v) is 12.5. The van der Waals surface area contributed by atoms with Gasteiger partial charge in [0.1, 0.15) is 17.5 Å². The van der Waals surface area contributed by atoms with E-state index in [0.717, 1.165) is 16.5 Å². The lowest BCUT2D eigenvalue weighted by Crippen LogP contribution is -2.48. The van der Waals surface area contributed by atoms with Crippen molar-refractivity contribution in [1.29, 1.82) is 5.26 Å². The number of nitrogens with zero attached hydrogens (tertiary/aromatic N) is 4. The Labute approximate surface area is 221 Å². The van der Waals surface area contributed by atoms with E-state index in [-0.39, 0.29) is 19.6 Å². The maximum atomic E-state index is 15.1. The predicted octanol–water partition coefficient (Wildman–Crippen LogP) is 3.96. The summed E-state index contributed by atoms with van der Waals surface area (Å²) in [6.07, 6.45) is 0.819. The number of nitriles is 1. The maximum absolute atomic E-state index is 15.1. The molecule has 1 N–H and O–H groups in total. The van der Waals surface area contributed by atoms with Crippen molar-refractivity contribution in [2.75, 3.05) is 19.7 Å². The molecule has 0 bridgehead atoms. The maximum Gasteiger partial charge on any atom is 0.410 e. The van der Waals surface area contributed by atoms with Crippen LogP contribution in [0.4, 0.5) is 9.18 Å². The van der Waals surface area contributed by atoms with Crippen molar-refractivity contribution >= 4 is 22.9 Å². The zero-order chi connectivity index (χ0) is 27.4. The fourth-order valence-electron chi connectivity index (χ4n) is 4.31. The minimum Gasteiger partial charge on any atom is -0.444 e. The van der Waals surface area contributed by atoms with Crippen molar-refractivity contribution in [3.05, 3.63) is 54.0 Å². The monoisotopic (exact) mass is 521 g/mol. The van der Waals surface area contributed by atoms with E-state index in [1.807, 2.05) is 31.3 Å². The van der Waals surface area contributed by atoms with Gasteiger partial charge in [-0.15, -0.1) is 0 Å². The summed E-state index contributed by atoms with van der Waals surface area (Å²) < 4.78 is 27.9. The standard InChI is InChI=1S/C28H32FN5O4/c1-28(2,3)38-27(36)34-10-5-11-37-25(17-34)26(35)32-22(15-30)12-20-8-6-18(13-23(20)29)19-7-9-21-16-31-33(4)24(21)14-19/h6-9,13-14,16,22,25H,5,10-12,17H2,1-4H3,(H,32,35)/t22-,25-/m0/s1. The third-order valence-corrected chi connectivity index (χ3v) is 6.25. The number of rotatable bonds is 5. The highest BCUT2D eigenvalue weighted by molar-refractivity contribution is 5.84. The summed E-state index contributed by atoms with van der Waals surface area (Å²) in [6, 6.07) is 11.7. The van der Waals surface area contributed by atoms with Gasteiger partial charge >= 0.3 is 6.09 Å². The van der Waals surface area contributed by atoms with E-state index in [0.29, 0.717) is 24.1 Å². The summed E-state index contributed by atoms with van der Waals surface area (Å²) in [5.74, 6) is -1.00. The molecule has 200 valence electrons. The van der Waals surface area contributed by atoms with Gasteiger partial charge in [0.25, 0.3) is 5.91 Å². The van der Waals surface area contributed by atoms with Crippen LogP contribution in [0.5, 0.6) is 0 Å². The third-order valence-electron chi connectivity index (χ3n) is 6.25. The summed E-state index contributed by atoms with van der Waals surface area (Å²) in [5.41, 5.74) is 2.11. The molecule has 1 saturated heterocycles. The van der Waals surface area contributed by atoms with Crippen molar-refractivity contribution in [3.8, 4) is 17.2 Å². The van der Waals surface area contributed by atoms with E-state index >= 15 is 4.39 Å². The first kappa shape index (κ1) is 27.1. The molecule has 1 aliphatic heterocycles. The molecule has 1 aliphatic rings. The molecule has 38 heavy (non-hydrogen) atoms. The second-order valence-corrected chi connectivity index (χ2v) is 10.4. The molecule has 2 aromatic carbocycles. The summed E-state index contributed by atoms with van der Waals surface area (Å²) in [6.45, 7) is 5.99. The number of hydrogen-bond acceptors (Lipinski definition) is 6. The Morgan fingerprint density at radius 1 is 1.26 bits per heavy atom. The van der Waals surface area contributed by atoms with Gasteiger partial charge in [-0.3, -0.25) is 9.48 Å². The predicted molar refractivity (Wildman–Crippen MR) is 140 cm³/mol. The van der Waals surface area contributed by atoms with E-state index in [1.165, 1.54) is 11.0 Å². The molecule has 4 rings (SSSR count). The number of ether oxygens (including phenoxy) is 2. The van der Waals surface area contributed by atoms with Crippen molar-refractivity contribution in [2.24, 2.45) is 7.05 Å². The smallest absolute Gasteiger partial charge is 0.410 e. The lowest BCUT2D eigenvalue weighted by Gasteiger charge is -2.27. The van der Waals surface area contributed by atoms with Crippen LogP contribution in [0.15, 0.2) is 42.6 Å². The molecule has 2 heterocycles. The Bertz CT molecular complexity index is 1370. The molecule has 0 saturated carbocycles. The first-order valence-electron chi connectivity index (χ1n) is 12.5. The van der Waals surface area contributed by atoms with Crippen LogP contribution in [0.1, 0.15) is 32.8 Å². The molecule has 1 aromatic heterocycles. The second kappa shape index (κ2) is 11.2. The van der Waals surface area contributed by atoms with Crippen molar-refractivity contribution in [2.45, 2.75) is 51.4 Å². The Morgan fingerprint density at radius 2 is 2.00 bits per heavy atom. The zero-order valence-electron chi connectivity index (χ0n) is 22.0. The Hall–Kier alpha value is -3.97. The van der Waals surface area contributed by atoms with E-state index in [1.54, 1.807) is 43.8 Å². The van der Waals surface area contributed by atoms with E-state index in [9.17, 15) is 14.9 Å². The Morgan fingerprint density at radius 3 is 2.71 bits per heavy atom. The van der Waals surface area contributed by atoms with Crippen molar-refractivity contribution < 1.29 is 23.5 Å². The summed E-state index contributed by atoms with van der Waals surface area (Å²) >= 11 is 0. The molecular weight excluding hydrogens is 489 g/mol. The Kier molecular flexibility index (Phi) is 7.97. The highest BCUT2D eigenvalue weighted by atomic mass is 19.1. The van der Waals surface area contributed by atoms with Gasteiger partial charge in [-0.2, -0.15) is 10.4 Å². The molecule has 0 unspecified atom stereocenters. The SMILES string of the molecule is Cn1ncc2ccc(-c3ccc(C[C@@H](C#N)NC(=O)[C@@H]4CN(C(=O)OC(C)(C)C)CCCO4)c(F)c3)cc21. The molecule has 10 heteroatoms. The van der Waals surface area contributed by atoms with Gasteiger partial charge in [-0.25, -0.2) is 9.18 Å². The van der Waals surface area contributed by atoms with Crippen LogP contribution >= 0.6 is 0 Å². The number of hydrogen-bond donors (Lipinski definition) is 1. The van der Waals surface area contributed by atoms with Crippen LogP contribution < -0.4 is 5.32 Å². The molecular formula is C28H32FN5O4. The number of carbonyl (C=O) groups is 2. The number of fused-ring (bicyclic) bond motifs is 1. The van der Waals surface area contributed by atoms with Gasteiger partial charge in [0, 0.05) is 32.0 Å². The lowest BCUT2D eigenvalue weighted by atomic mass is 9.99. The highest BCUT2D eigenvalue weighted by Crippen LogP contribution is 2.26. The van der Waals surface area contributed by atoms with Gasteiger partial charge in [-0.05, 0) is 56.0 Å². The van der Waals surface area contributed by atoms with Crippen LogP contribution in [0.3, 0.4) is 0 Å². The molecule has 0 spiro atoms. The second-order valence-electron chi connectivity index (χ2n) is 10.4. The van der Waals surface area contributed by atoms with Gasteiger partial charge in [0.15, 0.2) is 6.10 Å². The quantitative estimate of drug-likeness (QED) is 0.544. The van der Waals surface area contributed by atoms with E-state index < -0.39 is 35.6 Å². The number of halogens is 1. The van der Waals surface area contributed by atoms with Crippen LogP contribution in [0.2, 0.25) is 0 Å². The number of nitrogens with one attached hydrogen (secondary N) is 1. The fraction of sp³-hybridized carbons (Fsp3) is 0.429. The minimum atomic E-state index is -0.976. The molecule has 2 amide bonds. The summed E-state index contributed by atoms with van der Waals surface area (Å²) in [5, 5.41) is 17.5. The molecule has 0 radical (unpaired) electrons. The van der Waals surface area contributed by atoms with Gasteiger partial charge in [0.05, 0.1) is 24.3 Å². The van der Waals surface area contributed by atoms with Crippen LogP contribution in [-0.4, -0.2) is 64.1 Å². The largest absolute Gasteiger partial charge is 0.444 e. The molecule has 9 nitrogen and oxygen atoms in total. The lowest BCUT2D eigenvalue weighted by molar-refractivity contribution is -0.133. The van der Waals surface area contributed by atoms with Gasteiger partial charge in [-0.1, -0.05) is 24.3 Å². The van der Waals surface area contributed by atoms with E-state index in [2.05, 4.69) is 10.4 Å². The highest BCUT2D eigenvalue weighted by Gasteiger charge is 2.31. The fourth-order valence-corrected chi connectivity index (χ4v) is 4.31. The van der Waals surface area contributed by atoms with Gasteiger partial charge < -0.3 is 19.7 Å². The van der Waals surface area contributed by atoms with E-state index in [4.69, 9.17) is 9.47 Å². The van der Waals surface area contributed by atoms with Crippen molar-refractivity contribution in [1.82, 2.24) is 20.0 Å². The van der Waals surface area contributed by atoms with Gasteiger partial charge in [0.2, 0.25) is 0 Å². The average molecular weight is 522 g/mol. The summed E-state index contributed by atoms with van der Waals surface area (Å²) in [4.78, 5) is 26.9. The number of amides is 2. The van der Waals surface area contributed by atoms with Crippen LogP contribution in [-0.2, 0) is 27.7 Å². The molecule has 0 aliphatic carbocycles. The molecule has 3 aromatic rings. The van der Waals surface area contributed by atoms with Crippen LogP contribution in [0.25, 0.3) is 22.0 Å².